The number of nitrogens with zero attached hydrogens (tertiary/aromatic N) is 4. The third kappa shape index (κ3) is 5.13. The molecule has 0 bridgehead atoms. The normalized spacial score (nSPS) is 15.4. The third-order valence-corrected chi connectivity index (χ3v) is 6.72. The minimum atomic E-state index is -0.569. The minimum Gasteiger partial charge on any atom is -0.496 e. The summed E-state index contributed by atoms with van der Waals surface area (Å²) in [5.74, 6) is 2.14. The van der Waals surface area contributed by atoms with Gasteiger partial charge in [0.25, 0.3) is 5.91 Å². The van der Waals surface area contributed by atoms with E-state index in [1.165, 1.54) is 7.11 Å². The van der Waals surface area contributed by atoms with Crippen LogP contribution in [0.5, 0.6) is 5.75 Å². The highest BCUT2D eigenvalue weighted by Gasteiger charge is 2.31. The predicted octanol–water partition coefficient (Wildman–Crippen LogP) is 3.00. The number of amides is 2. The minimum absolute atomic E-state index is 0.0307. The lowest BCUT2D eigenvalue weighted by Gasteiger charge is -2.34. The zero-order valence-electron chi connectivity index (χ0n) is 18.9. The van der Waals surface area contributed by atoms with Gasteiger partial charge in [-0.15, -0.1) is 10.2 Å². The molecule has 1 aliphatic rings. The number of methoxy groups -OCH3 is 1. The molecule has 4 rings (SSSR count). The number of benzene rings is 1. The maximum absolute atomic E-state index is 13.4. The summed E-state index contributed by atoms with van der Waals surface area (Å²) in [6.45, 7) is 1.26. The van der Waals surface area contributed by atoms with Crippen molar-refractivity contribution in [3.05, 3.63) is 60.0 Å². The van der Waals surface area contributed by atoms with Gasteiger partial charge in [0, 0.05) is 25.2 Å². The second-order valence-electron chi connectivity index (χ2n) is 8.09. The largest absolute Gasteiger partial charge is 0.496 e. The van der Waals surface area contributed by atoms with Crippen molar-refractivity contribution in [1.82, 2.24) is 24.8 Å². The van der Waals surface area contributed by atoms with Crippen molar-refractivity contribution < 1.29 is 14.3 Å². The van der Waals surface area contributed by atoms with Crippen LogP contribution in [0.3, 0.4) is 0 Å². The van der Waals surface area contributed by atoms with Crippen molar-refractivity contribution in [2.24, 2.45) is 0 Å². The Kier molecular flexibility index (Phi) is 7.49. The summed E-state index contributed by atoms with van der Waals surface area (Å²) in [6, 6.07) is 12.3. The van der Waals surface area contributed by atoms with Gasteiger partial charge in [0.1, 0.15) is 17.6 Å². The van der Waals surface area contributed by atoms with Crippen molar-refractivity contribution in [2.45, 2.75) is 31.2 Å². The Morgan fingerprint density at radius 3 is 2.67 bits per heavy atom. The van der Waals surface area contributed by atoms with E-state index in [4.69, 9.17) is 4.74 Å². The molecule has 1 unspecified atom stereocenters. The smallest absolute Gasteiger partial charge is 0.255 e. The molecule has 1 aromatic carbocycles. The van der Waals surface area contributed by atoms with Gasteiger partial charge in [-0.05, 0) is 55.5 Å². The van der Waals surface area contributed by atoms with Gasteiger partial charge in [0.2, 0.25) is 5.91 Å². The van der Waals surface area contributed by atoms with Gasteiger partial charge in [-0.3, -0.25) is 14.0 Å². The monoisotopic (exact) mass is 467 g/mol. The number of thioether (sulfide) groups is 1. The molecule has 1 atom stereocenters. The van der Waals surface area contributed by atoms with E-state index >= 15 is 0 Å². The Hall–Kier alpha value is -3.07. The number of rotatable bonds is 8. The van der Waals surface area contributed by atoms with Crippen LogP contribution in [0.1, 0.15) is 41.4 Å². The molecule has 9 heteroatoms. The summed E-state index contributed by atoms with van der Waals surface area (Å²) < 4.78 is 7.34. The number of pyridine rings is 1. The highest BCUT2D eigenvalue weighted by molar-refractivity contribution is 7.98. The van der Waals surface area contributed by atoms with Crippen LogP contribution < -0.4 is 10.1 Å². The molecule has 8 nitrogen and oxygen atoms in total. The maximum atomic E-state index is 13.4. The number of para-hydroxylation sites is 1. The predicted molar refractivity (Wildman–Crippen MR) is 129 cm³/mol. The first-order valence-electron chi connectivity index (χ1n) is 11.1. The highest BCUT2D eigenvalue weighted by atomic mass is 32.2. The Morgan fingerprint density at radius 1 is 1.15 bits per heavy atom. The van der Waals surface area contributed by atoms with Crippen molar-refractivity contribution in [2.75, 3.05) is 32.2 Å². The summed E-state index contributed by atoms with van der Waals surface area (Å²) in [7, 11) is 1.53. The number of aromatic nitrogens is 3. The van der Waals surface area contributed by atoms with Crippen LogP contribution in [0.4, 0.5) is 0 Å². The molecule has 1 N–H and O–H groups in total. The summed E-state index contributed by atoms with van der Waals surface area (Å²) in [6.07, 6.45) is 6.19. The Bertz CT molecular complexity index is 1110. The average molecular weight is 468 g/mol. The lowest BCUT2D eigenvalue weighted by molar-refractivity contribution is -0.134. The number of ether oxygens (including phenoxy) is 1. The lowest BCUT2D eigenvalue weighted by atomic mass is 9.95. The van der Waals surface area contributed by atoms with Gasteiger partial charge < -0.3 is 15.0 Å². The number of carbonyl (C=O) groups excluding carboxylic acids is 2. The molecule has 2 amide bonds. The fourth-order valence-corrected chi connectivity index (χ4v) is 4.75. The quantitative estimate of drug-likeness (QED) is 0.548. The maximum Gasteiger partial charge on any atom is 0.255 e. The molecule has 1 saturated heterocycles. The van der Waals surface area contributed by atoms with Crippen LogP contribution >= 0.6 is 11.8 Å². The highest BCUT2D eigenvalue weighted by Crippen LogP contribution is 2.28. The molecule has 3 heterocycles. The Morgan fingerprint density at radius 2 is 1.91 bits per heavy atom. The van der Waals surface area contributed by atoms with E-state index in [0.717, 1.165) is 30.1 Å². The van der Waals surface area contributed by atoms with Crippen LogP contribution in [0, 0.1) is 0 Å². The second kappa shape index (κ2) is 10.7. The standard InChI is InChI=1S/C24H29N5O3S/c1-32-20-8-4-3-7-18(20)23(30)25-19(12-16-33-2)24(31)28-14-10-17(11-15-28)22-27-26-21-9-5-6-13-29(21)22/h3-9,13,17,19H,10-12,14-16H2,1-2H3,(H,25,30). The van der Waals surface area contributed by atoms with Gasteiger partial charge >= 0.3 is 0 Å². The van der Waals surface area contributed by atoms with Gasteiger partial charge in [-0.25, -0.2) is 0 Å². The first-order valence-corrected chi connectivity index (χ1v) is 12.5. The first kappa shape index (κ1) is 23.1. The molecule has 33 heavy (non-hydrogen) atoms. The van der Waals surface area contributed by atoms with Crippen LogP contribution in [0.25, 0.3) is 5.65 Å². The molecule has 1 fully saturated rings. The van der Waals surface area contributed by atoms with Crippen molar-refractivity contribution in [3.8, 4) is 5.75 Å². The Labute approximate surface area is 197 Å². The number of carbonyl (C=O) groups is 2. The van der Waals surface area contributed by atoms with Crippen LogP contribution in [0.15, 0.2) is 48.7 Å². The SMILES string of the molecule is COc1ccccc1C(=O)NC(CCSC)C(=O)N1CCC(c2nnc3ccccn23)CC1. The van der Waals surface area contributed by atoms with Crippen molar-refractivity contribution in [3.63, 3.8) is 0 Å². The van der Waals surface area contributed by atoms with Crippen LogP contribution in [0.2, 0.25) is 0 Å². The summed E-state index contributed by atoms with van der Waals surface area (Å²) in [4.78, 5) is 28.2. The van der Waals surface area contributed by atoms with E-state index in [-0.39, 0.29) is 17.7 Å². The van der Waals surface area contributed by atoms with Crippen molar-refractivity contribution >= 4 is 29.2 Å². The lowest BCUT2D eigenvalue weighted by Crippen LogP contribution is -2.51. The van der Waals surface area contributed by atoms with E-state index in [9.17, 15) is 9.59 Å². The number of fused-ring (bicyclic) bond motifs is 1. The molecule has 0 saturated carbocycles. The van der Waals surface area contributed by atoms with E-state index in [2.05, 4.69) is 15.5 Å². The summed E-state index contributed by atoms with van der Waals surface area (Å²) >= 11 is 1.66. The number of hydrogen-bond donors (Lipinski definition) is 1. The van der Waals surface area contributed by atoms with E-state index in [0.29, 0.717) is 30.8 Å². The molecule has 0 spiro atoms. The number of hydrogen-bond acceptors (Lipinski definition) is 6. The number of nitrogens with one attached hydrogen (secondary N) is 1. The topological polar surface area (TPSA) is 88.8 Å². The first-order chi connectivity index (χ1) is 16.1. The van der Waals surface area contributed by atoms with Gasteiger partial charge in [-0.2, -0.15) is 11.8 Å². The molecule has 3 aromatic rings. The number of piperidine rings is 1. The van der Waals surface area contributed by atoms with E-state index in [1.807, 2.05) is 46.0 Å². The van der Waals surface area contributed by atoms with Gasteiger partial charge in [0.05, 0.1) is 12.7 Å². The van der Waals surface area contributed by atoms with E-state index in [1.54, 1.807) is 30.0 Å². The zero-order chi connectivity index (χ0) is 23.2. The molecule has 2 aromatic heterocycles. The van der Waals surface area contributed by atoms with Gasteiger partial charge in [-0.1, -0.05) is 18.2 Å². The second-order valence-corrected chi connectivity index (χ2v) is 9.08. The molecular formula is C24H29N5O3S. The molecule has 1 aliphatic heterocycles. The fraction of sp³-hybridized carbons (Fsp3) is 0.417. The van der Waals surface area contributed by atoms with Crippen molar-refractivity contribution in [1.29, 1.82) is 0 Å². The molecule has 0 aliphatic carbocycles. The molecule has 0 radical (unpaired) electrons. The van der Waals surface area contributed by atoms with Gasteiger partial charge in [0.15, 0.2) is 5.65 Å². The van der Waals surface area contributed by atoms with Crippen LogP contribution in [-0.2, 0) is 4.79 Å². The average Bonchev–Trinajstić information content (AvgIpc) is 3.30. The Balaban J connectivity index is 1.42. The fourth-order valence-electron chi connectivity index (χ4n) is 4.28. The van der Waals surface area contributed by atoms with Crippen LogP contribution in [-0.4, -0.2) is 69.6 Å². The molecule has 174 valence electrons. The third-order valence-electron chi connectivity index (χ3n) is 6.08. The molecular weight excluding hydrogens is 438 g/mol. The zero-order valence-corrected chi connectivity index (χ0v) is 19.8. The van der Waals surface area contributed by atoms with E-state index < -0.39 is 6.04 Å². The summed E-state index contributed by atoms with van der Waals surface area (Å²) in [5, 5.41) is 11.6. The summed E-state index contributed by atoms with van der Waals surface area (Å²) in [5.41, 5.74) is 1.27. The number of likely N-dealkylation sites (tertiary alicyclic amines) is 1.